The Morgan fingerprint density at radius 2 is 2.04 bits per heavy atom. The first kappa shape index (κ1) is 15.5. The van der Waals surface area contributed by atoms with Crippen LogP contribution in [0.5, 0.6) is 0 Å². The van der Waals surface area contributed by atoms with Gasteiger partial charge in [0.1, 0.15) is 11.5 Å². The van der Waals surface area contributed by atoms with E-state index in [1.165, 1.54) is 19.2 Å². The number of hydrogen-bond donors (Lipinski definition) is 0. The van der Waals surface area contributed by atoms with Crippen LogP contribution in [0.2, 0.25) is 5.02 Å². The fourth-order valence-electron chi connectivity index (χ4n) is 2.65. The number of aromatic nitrogens is 2. The fraction of sp³-hybridized carbons (Fsp3) is 0.176. The molecule has 0 aliphatic heterocycles. The van der Waals surface area contributed by atoms with Crippen molar-refractivity contribution < 1.29 is 13.9 Å². The van der Waals surface area contributed by atoms with Crippen LogP contribution in [0.15, 0.2) is 30.3 Å². The molecule has 0 unspecified atom stereocenters. The van der Waals surface area contributed by atoms with Gasteiger partial charge >= 0.3 is 5.97 Å². The maximum Gasteiger partial charge on any atom is 0.356 e. The van der Waals surface area contributed by atoms with Crippen LogP contribution >= 0.6 is 11.6 Å². The Balaban J connectivity index is 2.27. The Hall–Kier alpha value is -2.40. The molecule has 1 aromatic carbocycles. The molecule has 0 bridgehead atoms. The van der Waals surface area contributed by atoms with Gasteiger partial charge in [0.15, 0.2) is 5.69 Å². The fourth-order valence-corrected chi connectivity index (χ4v) is 2.77. The third-order valence-electron chi connectivity index (χ3n) is 3.93. The van der Waals surface area contributed by atoms with Gasteiger partial charge < -0.3 is 9.30 Å². The number of pyridine rings is 1. The molecule has 0 saturated heterocycles. The third kappa shape index (κ3) is 2.47. The number of aryl methyl sites for hydroxylation is 1. The van der Waals surface area contributed by atoms with Gasteiger partial charge in [-0.25, -0.2) is 14.2 Å². The van der Waals surface area contributed by atoms with Gasteiger partial charge in [-0.05, 0) is 36.8 Å². The van der Waals surface area contributed by atoms with Crippen molar-refractivity contribution in [2.24, 2.45) is 7.05 Å². The summed E-state index contributed by atoms with van der Waals surface area (Å²) in [6.07, 6.45) is 0. The van der Waals surface area contributed by atoms with Crippen LogP contribution in [0.4, 0.5) is 4.39 Å². The molecule has 4 nitrogen and oxygen atoms in total. The van der Waals surface area contributed by atoms with Crippen LogP contribution < -0.4 is 0 Å². The van der Waals surface area contributed by atoms with E-state index < -0.39 is 11.8 Å². The van der Waals surface area contributed by atoms with Crippen LogP contribution in [0.25, 0.3) is 22.2 Å². The summed E-state index contributed by atoms with van der Waals surface area (Å²) in [5.41, 5.74) is 3.35. The normalized spacial score (nSPS) is 11.0. The van der Waals surface area contributed by atoms with Gasteiger partial charge in [-0.15, -0.1) is 0 Å². The third-order valence-corrected chi connectivity index (χ3v) is 4.24. The molecule has 3 aromatic rings. The van der Waals surface area contributed by atoms with Gasteiger partial charge in [-0.1, -0.05) is 17.7 Å². The molecular formula is C17H14ClFN2O2. The zero-order valence-electron chi connectivity index (χ0n) is 12.9. The van der Waals surface area contributed by atoms with E-state index in [9.17, 15) is 9.18 Å². The number of methoxy groups -OCH3 is 1. The quantitative estimate of drug-likeness (QED) is 0.663. The van der Waals surface area contributed by atoms with Gasteiger partial charge in [0.2, 0.25) is 0 Å². The molecule has 0 N–H and O–H groups in total. The van der Waals surface area contributed by atoms with Crippen LogP contribution in [-0.2, 0) is 11.8 Å². The summed E-state index contributed by atoms with van der Waals surface area (Å²) in [5, 5.41) is 0.914. The lowest BCUT2D eigenvalue weighted by Crippen LogP contribution is -2.04. The number of hydrogen-bond acceptors (Lipinski definition) is 3. The van der Waals surface area contributed by atoms with Gasteiger partial charge in [0.25, 0.3) is 0 Å². The van der Waals surface area contributed by atoms with E-state index in [-0.39, 0.29) is 10.7 Å². The summed E-state index contributed by atoms with van der Waals surface area (Å²) < 4.78 is 20.4. The molecule has 23 heavy (non-hydrogen) atoms. The summed E-state index contributed by atoms with van der Waals surface area (Å²) in [7, 11) is 3.16. The lowest BCUT2D eigenvalue weighted by Gasteiger charge is -2.04. The number of fused-ring (bicyclic) bond motifs is 1. The summed E-state index contributed by atoms with van der Waals surface area (Å²) in [5.74, 6) is -0.968. The summed E-state index contributed by atoms with van der Waals surface area (Å²) in [6, 6.07) is 8.09. The Morgan fingerprint density at radius 3 is 2.70 bits per heavy atom. The van der Waals surface area contributed by atoms with Crippen molar-refractivity contribution in [1.82, 2.24) is 9.55 Å². The molecule has 2 aromatic heterocycles. The van der Waals surface area contributed by atoms with Gasteiger partial charge in [-0.3, -0.25) is 0 Å². The van der Waals surface area contributed by atoms with Crippen molar-refractivity contribution in [3.05, 3.63) is 52.6 Å². The molecule has 3 rings (SSSR count). The molecule has 0 fully saturated rings. The SMILES string of the molecule is COC(=O)c1ccc2c(-c3ccc(Cl)c(F)c3)c(C)n(C)c2n1. The highest BCUT2D eigenvalue weighted by Gasteiger charge is 2.18. The number of ether oxygens (including phenoxy) is 1. The van der Waals surface area contributed by atoms with Crippen molar-refractivity contribution in [3.8, 4) is 11.1 Å². The smallest absolute Gasteiger partial charge is 0.356 e. The zero-order chi connectivity index (χ0) is 16.7. The first-order valence-corrected chi connectivity index (χ1v) is 7.31. The number of esters is 1. The number of halogens is 2. The van der Waals surface area contributed by atoms with Crippen LogP contribution in [0.1, 0.15) is 16.2 Å². The molecule has 0 saturated carbocycles. The second kappa shape index (κ2) is 5.66. The number of carbonyl (C=O) groups excluding carboxylic acids is 1. The van der Waals surface area contributed by atoms with Crippen molar-refractivity contribution in [2.45, 2.75) is 6.92 Å². The van der Waals surface area contributed by atoms with E-state index in [0.717, 1.165) is 16.6 Å². The largest absolute Gasteiger partial charge is 0.464 e. The predicted molar refractivity (Wildman–Crippen MR) is 87.2 cm³/mol. The van der Waals surface area contributed by atoms with Gasteiger partial charge in [-0.2, -0.15) is 0 Å². The minimum atomic E-state index is -0.496. The predicted octanol–water partition coefficient (Wildman–Crippen LogP) is 4.13. The van der Waals surface area contributed by atoms with Crippen LogP contribution in [-0.4, -0.2) is 22.6 Å². The average Bonchev–Trinajstić information content (AvgIpc) is 2.80. The molecule has 0 aliphatic carbocycles. The van der Waals surface area contributed by atoms with E-state index in [1.54, 1.807) is 18.2 Å². The van der Waals surface area contributed by atoms with Gasteiger partial charge in [0.05, 0.1) is 12.1 Å². The van der Waals surface area contributed by atoms with Gasteiger partial charge in [0, 0.05) is 23.7 Å². The molecule has 0 spiro atoms. The lowest BCUT2D eigenvalue weighted by atomic mass is 10.0. The Kier molecular flexibility index (Phi) is 3.82. The Labute approximate surface area is 137 Å². The molecular weight excluding hydrogens is 319 g/mol. The second-order valence-corrected chi connectivity index (χ2v) is 5.61. The highest BCUT2D eigenvalue weighted by molar-refractivity contribution is 6.30. The summed E-state index contributed by atoms with van der Waals surface area (Å²) >= 11 is 5.76. The molecule has 0 aliphatic rings. The molecule has 0 atom stereocenters. The van der Waals surface area contributed by atoms with Crippen molar-refractivity contribution in [3.63, 3.8) is 0 Å². The number of carbonyl (C=O) groups is 1. The van der Waals surface area contributed by atoms with E-state index in [4.69, 9.17) is 16.3 Å². The second-order valence-electron chi connectivity index (χ2n) is 5.21. The number of benzene rings is 1. The first-order chi connectivity index (χ1) is 10.9. The van der Waals surface area contributed by atoms with E-state index in [0.29, 0.717) is 11.2 Å². The molecule has 6 heteroatoms. The minimum absolute atomic E-state index is 0.0812. The first-order valence-electron chi connectivity index (χ1n) is 6.93. The average molecular weight is 333 g/mol. The van der Waals surface area contributed by atoms with Crippen molar-refractivity contribution in [2.75, 3.05) is 7.11 Å². The highest BCUT2D eigenvalue weighted by atomic mass is 35.5. The highest BCUT2D eigenvalue weighted by Crippen LogP contribution is 2.34. The molecule has 0 radical (unpaired) electrons. The maximum atomic E-state index is 13.8. The Morgan fingerprint density at radius 1 is 1.30 bits per heavy atom. The van der Waals surface area contributed by atoms with Crippen molar-refractivity contribution >= 4 is 28.6 Å². The molecule has 0 amide bonds. The summed E-state index contributed by atoms with van der Waals surface area (Å²) in [4.78, 5) is 16.0. The topological polar surface area (TPSA) is 44.1 Å². The monoisotopic (exact) mass is 332 g/mol. The zero-order valence-corrected chi connectivity index (χ0v) is 13.6. The van der Waals surface area contributed by atoms with E-state index in [1.807, 2.05) is 18.5 Å². The standard InChI is InChI=1S/C17H14ClFN2O2/c1-9-15(10-4-6-12(18)13(19)8-10)11-5-7-14(17(22)23-3)20-16(11)21(9)2/h4-8H,1-3H3. The number of nitrogens with zero attached hydrogens (tertiary/aromatic N) is 2. The lowest BCUT2D eigenvalue weighted by molar-refractivity contribution is 0.0594. The maximum absolute atomic E-state index is 13.8. The molecule has 118 valence electrons. The minimum Gasteiger partial charge on any atom is -0.464 e. The Bertz CT molecular complexity index is 934. The summed E-state index contributed by atoms with van der Waals surface area (Å²) in [6.45, 7) is 1.92. The van der Waals surface area contributed by atoms with Crippen molar-refractivity contribution in [1.29, 1.82) is 0 Å². The van der Waals surface area contributed by atoms with E-state index >= 15 is 0 Å². The molecule has 2 heterocycles. The van der Waals surface area contributed by atoms with E-state index in [2.05, 4.69) is 4.98 Å². The van der Waals surface area contributed by atoms with Crippen LogP contribution in [0, 0.1) is 12.7 Å². The van der Waals surface area contributed by atoms with Crippen LogP contribution in [0.3, 0.4) is 0 Å². The number of rotatable bonds is 2.